The molecule has 8 nitrogen and oxygen atoms in total. The number of carbonyl (C=O) groups excluding carboxylic acids is 2. The van der Waals surface area contributed by atoms with Gasteiger partial charge in [0.05, 0.1) is 17.8 Å². The molecule has 0 saturated carbocycles. The Balaban J connectivity index is 1.96. The normalized spacial score (nSPS) is 16.1. The molecule has 1 unspecified atom stereocenters. The van der Waals surface area contributed by atoms with Crippen LogP contribution in [0.2, 0.25) is 0 Å². The van der Waals surface area contributed by atoms with E-state index in [9.17, 15) is 37.1 Å². The van der Waals surface area contributed by atoms with Gasteiger partial charge < -0.3 is 24.8 Å². The molecule has 0 fully saturated rings. The predicted molar refractivity (Wildman–Crippen MR) is 122 cm³/mol. The Morgan fingerprint density at radius 1 is 1.17 bits per heavy atom. The van der Waals surface area contributed by atoms with Crippen molar-refractivity contribution in [2.24, 2.45) is 0 Å². The number of fused-ring (bicyclic) bond motifs is 1. The molecule has 0 saturated heterocycles. The number of thioether (sulfide) groups is 1. The van der Waals surface area contributed by atoms with Crippen molar-refractivity contribution in [2.75, 3.05) is 10.7 Å². The number of nitrogens with one attached hydrogen (secondary N) is 1. The van der Waals surface area contributed by atoms with Crippen molar-refractivity contribution in [2.45, 2.75) is 50.2 Å². The second-order valence-corrected chi connectivity index (χ2v) is 9.79. The summed E-state index contributed by atoms with van der Waals surface area (Å²) in [5, 5.41) is 11.8. The van der Waals surface area contributed by atoms with E-state index in [-0.39, 0.29) is 22.9 Å². The van der Waals surface area contributed by atoms with Gasteiger partial charge in [-0.05, 0) is 50.6 Å². The highest BCUT2D eigenvalue weighted by molar-refractivity contribution is 7.99. The number of alkyl carbamates (subject to hydrolysis) is 1. The van der Waals surface area contributed by atoms with E-state index >= 15 is 0 Å². The lowest BCUT2D eigenvalue weighted by Crippen LogP contribution is -2.50. The van der Waals surface area contributed by atoms with Crippen LogP contribution in [0.25, 0.3) is 0 Å². The summed E-state index contributed by atoms with van der Waals surface area (Å²) in [4.78, 5) is 38.7. The Labute approximate surface area is 207 Å². The summed E-state index contributed by atoms with van der Waals surface area (Å²) < 4.78 is 60.8. The molecule has 2 aromatic rings. The number of halogens is 4. The van der Waals surface area contributed by atoms with Gasteiger partial charge >= 0.3 is 18.4 Å². The van der Waals surface area contributed by atoms with Gasteiger partial charge in [0.1, 0.15) is 23.2 Å². The third kappa shape index (κ3) is 7.03. The molecule has 0 radical (unpaired) electrons. The zero-order valence-corrected chi connectivity index (χ0v) is 20.1. The second-order valence-electron chi connectivity index (χ2n) is 8.73. The molecule has 2 aromatic carbocycles. The highest BCUT2D eigenvalue weighted by atomic mass is 32.2. The summed E-state index contributed by atoms with van der Waals surface area (Å²) in [6.07, 6.45) is -5.74. The molecule has 0 aromatic heterocycles. The number of aromatic carboxylic acids is 1. The third-order valence-corrected chi connectivity index (χ3v) is 5.87. The van der Waals surface area contributed by atoms with Gasteiger partial charge in [-0.2, -0.15) is 0 Å². The largest absolute Gasteiger partial charge is 0.573 e. The number of nitrogens with zero attached hydrogens (tertiary/aromatic N) is 1. The summed E-state index contributed by atoms with van der Waals surface area (Å²) in [6, 6.07) is 5.58. The standard InChI is InChI=1S/C23H22F4N2O6S/c1-22(2,3)35-21(33)28-16-11-36-18-9-15(24)14(20(31)32)8-17(18)29(19(16)30)10-12-4-6-13(7-5-12)34-23(25,26)27/h4-9,16H,10-11H2,1-3H3,(H,28,33)(H,31,32). The van der Waals surface area contributed by atoms with Crippen LogP contribution >= 0.6 is 11.8 Å². The summed E-state index contributed by atoms with van der Waals surface area (Å²) in [5.74, 6) is -3.68. The Bertz CT molecular complexity index is 1160. The van der Waals surface area contributed by atoms with E-state index in [1.807, 2.05) is 0 Å². The minimum atomic E-state index is -4.88. The zero-order valence-electron chi connectivity index (χ0n) is 19.3. The number of rotatable bonds is 5. The van der Waals surface area contributed by atoms with Crippen molar-refractivity contribution >= 4 is 35.4 Å². The van der Waals surface area contributed by atoms with Crippen LogP contribution in [0.5, 0.6) is 5.75 Å². The van der Waals surface area contributed by atoms with Crippen molar-refractivity contribution in [3.63, 3.8) is 0 Å². The average Bonchev–Trinajstić information content (AvgIpc) is 2.84. The van der Waals surface area contributed by atoms with E-state index in [0.29, 0.717) is 5.56 Å². The van der Waals surface area contributed by atoms with E-state index in [1.165, 1.54) is 12.1 Å². The first-order chi connectivity index (χ1) is 16.6. The molecule has 194 valence electrons. The maximum atomic E-state index is 14.4. The number of alkyl halides is 3. The molecule has 0 bridgehead atoms. The Morgan fingerprint density at radius 3 is 2.36 bits per heavy atom. The van der Waals surface area contributed by atoms with E-state index < -0.39 is 53.1 Å². The maximum Gasteiger partial charge on any atom is 0.573 e. The second kappa shape index (κ2) is 10.2. The number of carboxylic acid groups (broad SMARTS) is 1. The number of hydrogen-bond donors (Lipinski definition) is 2. The summed E-state index contributed by atoms with van der Waals surface area (Å²) in [6.45, 7) is 4.71. The van der Waals surface area contributed by atoms with Gasteiger partial charge in [-0.25, -0.2) is 14.0 Å². The molecule has 0 aliphatic carbocycles. The first kappa shape index (κ1) is 27.1. The fourth-order valence-electron chi connectivity index (χ4n) is 3.28. The first-order valence-electron chi connectivity index (χ1n) is 10.5. The van der Waals surface area contributed by atoms with Crippen LogP contribution < -0.4 is 15.0 Å². The minimum absolute atomic E-state index is 0.00814. The van der Waals surface area contributed by atoms with Crippen LogP contribution in [0.15, 0.2) is 41.3 Å². The highest BCUT2D eigenvalue weighted by Crippen LogP contribution is 2.37. The van der Waals surface area contributed by atoms with Gasteiger partial charge in [0.2, 0.25) is 0 Å². The van der Waals surface area contributed by atoms with Gasteiger partial charge in [-0.3, -0.25) is 4.79 Å². The van der Waals surface area contributed by atoms with Gasteiger partial charge in [-0.1, -0.05) is 12.1 Å². The van der Waals surface area contributed by atoms with E-state index in [0.717, 1.165) is 40.9 Å². The van der Waals surface area contributed by atoms with Crippen molar-refractivity contribution in [3.8, 4) is 5.75 Å². The molecular formula is C23H22F4N2O6S. The number of anilines is 1. The van der Waals surface area contributed by atoms with Crippen LogP contribution in [0, 0.1) is 5.82 Å². The molecular weight excluding hydrogens is 508 g/mol. The lowest BCUT2D eigenvalue weighted by molar-refractivity contribution is -0.274. The van der Waals surface area contributed by atoms with Crippen molar-refractivity contribution in [1.82, 2.24) is 5.32 Å². The number of hydrogen-bond acceptors (Lipinski definition) is 6. The molecule has 2 N–H and O–H groups in total. The first-order valence-corrected chi connectivity index (χ1v) is 11.5. The van der Waals surface area contributed by atoms with Crippen LogP contribution in [0.4, 0.5) is 28.0 Å². The van der Waals surface area contributed by atoms with Crippen molar-refractivity contribution in [3.05, 3.63) is 53.3 Å². The topological polar surface area (TPSA) is 105 Å². The summed E-state index contributed by atoms with van der Waals surface area (Å²) in [7, 11) is 0. The van der Waals surface area contributed by atoms with E-state index in [4.69, 9.17) is 4.74 Å². The fraction of sp³-hybridized carbons (Fsp3) is 0.348. The molecule has 1 atom stereocenters. The molecule has 2 amide bonds. The number of amides is 2. The minimum Gasteiger partial charge on any atom is -0.478 e. The van der Waals surface area contributed by atoms with E-state index in [1.54, 1.807) is 20.8 Å². The molecule has 0 spiro atoms. The molecule has 1 aliphatic heterocycles. The summed E-state index contributed by atoms with van der Waals surface area (Å²) in [5.41, 5.74) is -1.06. The number of ether oxygens (including phenoxy) is 2. The van der Waals surface area contributed by atoms with Crippen LogP contribution in [-0.2, 0) is 16.1 Å². The van der Waals surface area contributed by atoms with Gasteiger partial charge in [0.25, 0.3) is 5.91 Å². The third-order valence-electron chi connectivity index (χ3n) is 4.73. The molecule has 3 rings (SSSR count). The molecule has 1 aliphatic rings. The van der Waals surface area contributed by atoms with Gasteiger partial charge in [0, 0.05) is 10.6 Å². The van der Waals surface area contributed by atoms with E-state index in [2.05, 4.69) is 10.1 Å². The lowest BCUT2D eigenvalue weighted by Gasteiger charge is -2.27. The number of carboxylic acids is 1. The van der Waals surface area contributed by atoms with Crippen LogP contribution in [-0.4, -0.2) is 46.8 Å². The Kier molecular flexibility index (Phi) is 7.72. The highest BCUT2D eigenvalue weighted by Gasteiger charge is 2.35. The smallest absolute Gasteiger partial charge is 0.478 e. The number of benzene rings is 2. The number of carbonyl (C=O) groups is 3. The van der Waals surface area contributed by atoms with Crippen LogP contribution in [0.3, 0.4) is 0 Å². The monoisotopic (exact) mass is 530 g/mol. The quantitative estimate of drug-likeness (QED) is 0.527. The molecule has 36 heavy (non-hydrogen) atoms. The summed E-state index contributed by atoms with van der Waals surface area (Å²) >= 11 is 1.03. The SMILES string of the molecule is CC(C)(C)OC(=O)NC1CSc2cc(F)c(C(=O)O)cc2N(Cc2ccc(OC(F)(F)F)cc2)C1=O. The van der Waals surface area contributed by atoms with Crippen LogP contribution in [0.1, 0.15) is 36.7 Å². The average molecular weight is 530 g/mol. The van der Waals surface area contributed by atoms with Gasteiger partial charge in [0.15, 0.2) is 0 Å². The van der Waals surface area contributed by atoms with Crippen molar-refractivity contribution < 1.29 is 46.5 Å². The lowest BCUT2D eigenvalue weighted by atomic mass is 10.1. The fourth-order valence-corrected chi connectivity index (χ4v) is 4.36. The van der Waals surface area contributed by atoms with Crippen molar-refractivity contribution in [1.29, 1.82) is 0 Å². The zero-order chi connectivity index (χ0) is 26.8. The molecule has 1 heterocycles. The Morgan fingerprint density at radius 2 is 1.81 bits per heavy atom. The predicted octanol–water partition coefficient (Wildman–Crippen LogP) is 4.95. The molecule has 13 heteroatoms. The maximum absolute atomic E-state index is 14.4. The van der Waals surface area contributed by atoms with Gasteiger partial charge in [-0.15, -0.1) is 24.9 Å². The Hall–Kier alpha value is -3.48.